The van der Waals surface area contributed by atoms with Crippen LogP contribution in [0.1, 0.15) is 174 Å². The predicted octanol–water partition coefficient (Wildman–Crippen LogP) is 7.52. The van der Waals surface area contributed by atoms with Gasteiger partial charge in [0.2, 0.25) is 41.4 Å². The number of carbonyl (C=O) groups excluding carboxylic acids is 11. The lowest BCUT2D eigenvalue weighted by atomic mass is 9.99. The molecule has 8 amide bonds. The fraction of sp³-hybridized carbons (Fsp3) is 0.600. The molecule has 0 bridgehead atoms. The van der Waals surface area contributed by atoms with E-state index in [1.807, 2.05) is 48.5 Å². The molecule has 1 saturated heterocycles. The summed E-state index contributed by atoms with van der Waals surface area (Å²) in [6.07, 6.45) is 0.117. The van der Waals surface area contributed by atoms with E-state index in [4.69, 9.17) is 28.4 Å². The molecule has 1 fully saturated rings. The average Bonchev–Trinajstić information content (AvgIpc) is 1.65. The summed E-state index contributed by atoms with van der Waals surface area (Å²) in [7, 11) is 1.21. The van der Waals surface area contributed by atoms with Gasteiger partial charge in [0.25, 0.3) is 0 Å². The van der Waals surface area contributed by atoms with E-state index in [-0.39, 0.29) is 49.6 Å². The van der Waals surface area contributed by atoms with Crippen molar-refractivity contribution in [2.45, 2.75) is 247 Å². The van der Waals surface area contributed by atoms with Crippen LogP contribution >= 0.6 is 0 Å². The number of amides is 8. The maximum Gasteiger partial charge on any atom is 0.419 e. The lowest BCUT2D eigenvalue weighted by Crippen LogP contribution is -2.61. The van der Waals surface area contributed by atoms with Gasteiger partial charge in [-0.3, -0.25) is 38.1 Å². The molecule has 1 aliphatic rings. The number of methoxy groups -OCH3 is 1. The summed E-state index contributed by atoms with van der Waals surface area (Å²) in [5.74, 6) is -6.50. The summed E-state index contributed by atoms with van der Waals surface area (Å²) in [5, 5.41) is 17.0. The number of esters is 1. The van der Waals surface area contributed by atoms with E-state index < -0.39 is 155 Å². The number of carbonyl (C=O) groups is 11. The molecule has 0 radical (unpaired) electrons. The minimum atomic E-state index is -1.71. The number of aromatic nitrogens is 3. The molecule has 0 spiro atoms. The Morgan fingerprint density at radius 1 is 0.536 bits per heavy atom. The van der Waals surface area contributed by atoms with Crippen LogP contribution in [0, 0.1) is 11.8 Å². The molecule has 1 aliphatic heterocycles. The van der Waals surface area contributed by atoms with Gasteiger partial charge in [0.1, 0.15) is 76.8 Å². The lowest BCUT2D eigenvalue weighted by molar-refractivity contribution is -0.146. The molecule has 5 rings (SSSR count). The molecule has 2 aromatic carbocycles. The third kappa shape index (κ3) is 25.2. The molecular weight excluding hydrogens is 1250 g/mol. The zero-order valence-corrected chi connectivity index (χ0v) is 59.9. The highest BCUT2D eigenvalue weighted by Crippen LogP contribution is 2.27. The molecule has 4 aromatic rings. The fourth-order valence-corrected chi connectivity index (χ4v) is 10.2. The summed E-state index contributed by atoms with van der Waals surface area (Å²) in [4.78, 5) is 162. The van der Waals surface area contributed by atoms with Crippen LogP contribution in [-0.2, 0) is 81.3 Å². The van der Waals surface area contributed by atoms with Crippen molar-refractivity contribution in [2.24, 2.45) is 11.8 Å². The molecule has 27 nitrogen and oxygen atoms in total. The highest BCUT2D eigenvalue weighted by Gasteiger charge is 2.44. The van der Waals surface area contributed by atoms with Crippen LogP contribution in [-0.4, -0.2) is 169 Å². The summed E-state index contributed by atoms with van der Waals surface area (Å²) < 4.78 is 36.3. The zero-order valence-electron chi connectivity index (χ0n) is 59.9. The van der Waals surface area contributed by atoms with Crippen molar-refractivity contribution < 1.29 is 81.2 Å². The van der Waals surface area contributed by atoms with Gasteiger partial charge in [0, 0.05) is 43.5 Å². The number of ether oxygens (including phenoxy) is 6. The summed E-state index contributed by atoms with van der Waals surface area (Å²) in [6.45, 7) is 32.5. The van der Waals surface area contributed by atoms with E-state index in [9.17, 15) is 38.4 Å². The number of hydrogen-bond acceptors (Lipinski definition) is 18. The number of fused-ring (bicyclic) bond motifs is 1. The molecule has 3 heterocycles. The normalized spacial score (nSPS) is 15.7. The number of rotatable bonds is 26. The van der Waals surface area contributed by atoms with Gasteiger partial charge in [-0.2, -0.15) is 0 Å². The van der Waals surface area contributed by atoms with E-state index in [1.165, 1.54) is 24.1 Å². The lowest BCUT2D eigenvalue weighted by Gasteiger charge is -2.30. The van der Waals surface area contributed by atoms with Gasteiger partial charge in [-0.1, -0.05) is 58.0 Å². The van der Waals surface area contributed by atoms with Gasteiger partial charge in [0.15, 0.2) is 0 Å². The Kier molecular flexibility index (Phi) is 26.7. The van der Waals surface area contributed by atoms with E-state index in [0.29, 0.717) is 32.7 Å². The van der Waals surface area contributed by atoms with Crippen molar-refractivity contribution in [1.29, 1.82) is 0 Å². The number of nitrogens with zero attached hydrogens (tertiary/aromatic N) is 4. The topological polar surface area (TPSA) is 341 Å². The molecule has 0 aliphatic carbocycles. The van der Waals surface area contributed by atoms with Gasteiger partial charge in [-0.25, -0.2) is 33.6 Å². The monoisotopic (exact) mass is 1350 g/mol. The van der Waals surface area contributed by atoms with Crippen LogP contribution in [0.5, 0.6) is 5.75 Å². The number of hydrogen-bond donors (Lipinski definition) is 6. The number of imidazole rings is 1. The van der Waals surface area contributed by atoms with E-state index >= 15 is 14.4 Å². The molecule has 0 saturated carbocycles. The highest BCUT2D eigenvalue weighted by atomic mass is 16.6. The van der Waals surface area contributed by atoms with Crippen LogP contribution < -0.4 is 36.6 Å². The largest absolute Gasteiger partial charge is 0.488 e. The summed E-state index contributed by atoms with van der Waals surface area (Å²) >= 11 is 0. The van der Waals surface area contributed by atoms with Gasteiger partial charge < -0.3 is 60.3 Å². The first-order valence-corrected chi connectivity index (χ1v) is 32.7. The Labute approximate surface area is 568 Å². The highest BCUT2D eigenvalue weighted by molar-refractivity contribution is 6.02. The van der Waals surface area contributed by atoms with Crippen molar-refractivity contribution in [3.8, 4) is 5.75 Å². The smallest absolute Gasteiger partial charge is 0.419 e. The van der Waals surface area contributed by atoms with Gasteiger partial charge in [0.05, 0.1) is 30.5 Å². The summed E-state index contributed by atoms with van der Waals surface area (Å²) in [5.41, 5.74) is -3.14. The molecule has 27 heteroatoms. The van der Waals surface area contributed by atoms with Crippen molar-refractivity contribution in [2.75, 3.05) is 13.7 Å². The van der Waals surface area contributed by atoms with Gasteiger partial charge in [-0.15, -0.1) is 0 Å². The van der Waals surface area contributed by atoms with Crippen LogP contribution in [0.4, 0.5) is 14.4 Å². The van der Waals surface area contributed by atoms with Crippen molar-refractivity contribution in [3.05, 3.63) is 84.1 Å². The van der Waals surface area contributed by atoms with Crippen LogP contribution in [0.25, 0.3) is 10.9 Å². The zero-order chi connectivity index (χ0) is 72.9. The average molecular weight is 1360 g/mol. The fourth-order valence-electron chi connectivity index (χ4n) is 10.2. The molecule has 97 heavy (non-hydrogen) atoms. The molecule has 534 valence electrons. The van der Waals surface area contributed by atoms with Crippen molar-refractivity contribution in [1.82, 2.24) is 50.9 Å². The van der Waals surface area contributed by atoms with E-state index in [2.05, 4.69) is 36.9 Å². The Balaban J connectivity index is 1.64. The standard InChI is InChI=1S/C70H102N10O17/c1-40(2)31-47(56(82)76-51(32-41(3)4)62(88)92-20)72-57(83)48(33-42-25-27-45(28-26-42)94-67(8,9)10)73-60(86)52(38-93-66(5,6)7)77-58(84)49(34-43-36-79(64(90)96-69(14,15)16)53-24-22-21-23-46(43)53)74-59(85)50(35-44-37-78(39-71-44)63(89)95-68(11,12)13)75-61(87)54-29-30-55(81)80(54)65(91)97-70(17,18)19/h21-28,36-37,39-41,47-52,54H,29-35,38H2,1-20H3,(H,72,83)(H,73,86)(H,74,85)(H,75,87)(H,76,82)(H,77,84)/t47-,48+,49+,50+,51+,52+,54+/m1/s1. The Morgan fingerprint density at radius 2 is 1.02 bits per heavy atom. The number of benzene rings is 2. The minimum Gasteiger partial charge on any atom is -0.488 e. The first kappa shape index (κ1) is 78.8. The SMILES string of the molecule is COC(=O)[C@H](CC(C)C)NC(=O)[C@@H](CC(C)C)NC(=O)[C@H](Cc1ccc(OC(C)(C)C)cc1)NC(=O)[C@H](COC(C)(C)C)NC(=O)[C@H](Cc1cn(C(=O)OC(C)(C)C)c2ccccc12)NC(=O)[C@H](Cc1cn(C(=O)OC(C)(C)C)cn1)NC(=O)[C@@H]1CCC(=O)N1C(=O)OC(C)(C)C. The summed E-state index contributed by atoms with van der Waals surface area (Å²) in [6, 6.07) is 3.29. The van der Waals surface area contributed by atoms with Gasteiger partial charge >= 0.3 is 24.2 Å². The second-order valence-corrected chi connectivity index (χ2v) is 30.1. The third-order valence-corrected chi connectivity index (χ3v) is 14.4. The van der Waals surface area contributed by atoms with E-state index in [0.717, 1.165) is 10.9 Å². The second kappa shape index (κ2) is 32.9. The number of likely N-dealkylation sites (tertiary alicyclic amines) is 1. The Morgan fingerprint density at radius 3 is 1.57 bits per heavy atom. The van der Waals surface area contributed by atoms with E-state index in [1.54, 1.807) is 132 Å². The molecule has 0 unspecified atom stereocenters. The molecule has 7 atom stereocenters. The first-order chi connectivity index (χ1) is 44.8. The van der Waals surface area contributed by atoms with Crippen molar-refractivity contribution >= 4 is 76.5 Å². The van der Waals surface area contributed by atoms with Crippen molar-refractivity contribution in [3.63, 3.8) is 0 Å². The van der Waals surface area contributed by atoms with Crippen LogP contribution in [0.2, 0.25) is 0 Å². The quantitative estimate of drug-likeness (QED) is 0.0261. The molecule has 6 N–H and O–H groups in total. The third-order valence-electron chi connectivity index (χ3n) is 14.4. The number of nitrogens with one attached hydrogen (secondary N) is 6. The molecule has 2 aromatic heterocycles. The Hall–Kier alpha value is -8.88. The molecular formula is C70H102N10O17. The number of imide groups is 1. The van der Waals surface area contributed by atoms with Crippen LogP contribution in [0.3, 0.4) is 0 Å². The second-order valence-electron chi connectivity index (χ2n) is 30.1. The van der Waals surface area contributed by atoms with Crippen LogP contribution in [0.15, 0.2) is 67.3 Å². The maximum atomic E-state index is 15.6. The number of para-hydroxylation sites is 1. The Bertz CT molecular complexity index is 3470. The maximum absolute atomic E-state index is 15.6. The first-order valence-electron chi connectivity index (χ1n) is 32.7. The van der Waals surface area contributed by atoms with Gasteiger partial charge in [-0.05, 0) is 164 Å². The predicted molar refractivity (Wildman–Crippen MR) is 360 cm³/mol. The minimum absolute atomic E-state index is 0.0360.